The zero-order valence-electron chi connectivity index (χ0n) is 11.5. The van der Waals surface area contributed by atoms with Crippen LogP contribution in [-0.4, -0.2) is 48.3 Å². The van der Waals surface area contributed by atoms with E-state index >= 15 is 0 Å². The first-order chi connectivity index (χ1) is 10.5. The summed E-state index contributed by atoms with van der Waals surface area (Å²) in [5.74, 6) is 0.404. The molecule has 2 aromatic rings. The number of aromatic nitrogens is 4. The molecule has 10 nitrogen and oxygen atoms in total. The van der Waals surface area contributed by atoms with E-state index in [4.69, 9.17) is 14.2 Å². The molecule has 1 saturated heterocycles. The van der Waals surface area contributed by atoms with Gasteiger partial charge in [-0.15, -0.1) is 9.42 Å². The van der Waals surface area contributed by atoms with Crippen LogP contribution in [0.1, 0.15) is 25.9 Å². The number of hydrogen-bond acceptors (Lipinski definition) is 7. The SMILES string of the molecule is C.Cc1nc2c(ncn2[C@@H]2O[C@H](CO)C[C@@H]2O[P+](=O)O)c(=O)[nH]1. The predicted molar refractivity (Wildman–Crippen MR) is 79.9 cm³/mol. The van der Waals surface area contributed by atoms with E-state index in [9.17, 15) is 14.5 Å². The van der Waals surface area contributed by atoms with Gasteiger partial charge < -0.3 is 14.8 Å². The highest BCUT2D eigenvalue weighted by molar-refractivity contribution is 7.32. The molecule has 1 fully saturated rings. The standard InChI is InChI=1S/C11H13N4O6P.CH4/c1-5-13-9-8(10(17)14-5)12-4-15(9)11-7(21-22(18)19)2-6(3-16)20-11;/h4,6-7,11,16H,2-3H2,1H3,(H-,13,14,17,18,19);1H4/p+1/t6-,7-,11+;/m0./s1. The van der Waals surface area contributed by atoms with Crippen LogP contribution in [0, 0.1) is 6.92 Å². The van der Waals surface area contributed by atoms with Gasteiger partial charge in [-0.25, -0.2) is 9.97 Å². The van der Waals surface area contributed by atoms with Gasteiger partial charge >= 0.3 is 8.25 Å². The quantitative estimate of drug-likeness (QED) is 0.676. The second-order valence-corrected chi connectivity index (χ2v) is 5.61. The molecule has 2 aromatic heterocycles. The van der Waals surface area contributed by atoms with Gasteiger partial charge in [0.25, 0.3) is 5.56 Å². The smallest absolute Gasteiger partial charge is 0.394 e. The van der Waals surface area contributed by atoms with E-state index in [0.717, 1.165) is 0 Å². The fourth-order valence-electron chi connectivity index (χ4n) is 2.51. The van der Waals surface area contributed by atoms with Gasteiger partial charge in [0.2, 0.25) is 0 Å². The van der Waals surface area contributed by atoms with Crippen LogP contribution in [0.25, 0.3) is 11.2 Å². The molecular formula is C12H18N4O6P+. The van der Waals surface area contributed by atoms with E-state index in [0.29, 0.717) is 5.82 Å². The van der Waals surface area contributed by atoms with E-state index in [1.165, 1.54) is 10.9 Å². The zero-order valence-corrected chi connectivity index (χ0v) is 12.4. The topological polar surface area (TPSA) is 140 Å². The molecule has 11 heteroatoms. The summed E-state index contributed by atoms with van der Waals surface area (Å²) in [7, 11) is -2.83. The van der Waals surface area contributed by atoms with Gasteiger partial charge in [0.15, 0.2) is 23.5 Å². The van der Waals surface area contributed by atoms with E-state index in [2.05, 4.69) is 15.0 Å². The maximum atomic E-state index is 11.8. The van der Waals surface area contributed by atoms with Crippen molar-refractivity contribution in [3.8, 4) is 0 Å². The number of nitrogens with one attached hydrogen (secondary N) is 1. The molecule has 0 radical (unpaired) electrons. The Bertz CT molecular complexity index is 774. The lowest BCUT2D eigenvalue weighted by molar-refractivity contribution is -0.0440. The Hall–Kier alpha value is -1.71. The van der Waals surface area contributed by atoms with Crippen LogP contribution in [0.2, 0.25) is 0 Å². The van der Waals surface area contributed by atoms with Crippen LogP contribution in [0.3, 0.4) is 0 Å². The minimum Gasteiger partial charge on any atom is -0.394 e. The van der Waals surface area contributed by atoms with Crippen molar-refractivity contribution in [3.05, 3.63) is 22.5 Å². The Kier molecular flexibility index (Phi) is 5.23. The second-order valence-electron chi connectivity index (χ2n) is 4.92. The Morgan fingerprint density at radius 1 is 1.61 bits per heavy atom. The largest absolute Gasteiger partial charge is 0.695 e. The number of hydrogen-bond donors (Lipinski definition) is 3. The highest BCUT2D eigenvalue weighted by Crippen LogP contribution is 2.37. The first-order valence-corrected chi connectivity index (χ1v) is 7.65. The third-order valence-electron chi connectivity index (χ3n) is 3.40. The van der Waals surface area contributed by atoms with Crippen LogP contribution in [-0.2, 0) is 13.8 Å². The zero-order chi connectivity index (χ0) is 15.9. The van der Waals surface area contributed by atoms with Crippen molar-refractivity contribution in [3.63, 3.8) is 0 Å². The minimum absolute atomic E-state index is 0. The van der Waals surface area contributed by atoms with Gasteiger partial charge in [-0.2, -0.15) is 0 Å². The average molecular weight is 345 g/mol. The van der Waals surface area contributed by atoms with Crippen LogP contribution < -0.4 is 5.56 Å². The second kappa shape index (κ2) is 6.81. The Labute approximate surface area is 132 Å². The molecule has 1 aliphatic heterocycles. The van der Waals surface area contributed by atoms with Gasteiger partial charge in [-0.05, 0) is 6.92 Å². The molecule has 3 rings (SSSR count). The summed E-state index contributed by atoms with van der Waals surface area (Å²) in [6.45, 7) is 1.38. The lowest BCUT2D eigenvalue weighted by Gasteiger charge is -2.16. The van der Waals surface area contributed by atoms with Crippen LogP contribution in [0.5, 0.6) is 0 Å². The summed E-state index contributed by atoms with van der Waals surface area (Å²) in [6.07, 6.45) is -0.501. The number of fused-ring (bicyclic) bond motifs is 1. The van der Waals surface area contributed by atoms with Crippen LogP contribution in [0.4, 0.5) is 0 Å². The molecule has 0 aliphatic carbocycles. The first kappa shape index (κ1) is 17.6. The molecule has 4 atom stereocenters. The third-order valence-corrected chi connectivity index (χ3v) is 3.85. The van der Waals surface area contributed by atoms with E-state index in [-0.39, 0.29) is 37.2 Å². The van der Waals surface area contributed by atoms with Crippen molar-refractivity contribution < 1.29 is 23.8 Å². The number of aromatic amines is 1. The van der Waals surface area contributed by atoms with Gasteiger partial charge in [-0.1, -0.05) is 7.43 Å². The fourth-order valence-corrected chi connectivity index (χ4v) is 2.93. The van der Waals surface area contributed by atoms with E-state index in [1.807, 2.05) is 0 Å². The summed E-state index contributed by atoms with van der Waals surface area (Å²) in [6, 6.07) is 0. The van der Waals surface area contributed by atoms with Crippen molar-refractivity contribution >= 4 is 19.4 Å². The Balaban J connectivity index is 0.00000192. The molecule has 0 aromatic carbocycles. The van der Waals surface area contributed by atoms with E-state index < -0.39 is 26.7 Å². The highest BCUT2D eigenvalue weighted by atomic mass is 31.1. The van der Waals surface area contributed by atoms with Gasteiger partial charge in [0.1, 0.15) is 5.82 Å². The number of rotatable bonds is 4. The molecule has 3 heterocycles. The van der Waals surface area contributed by atoms with Crippen molar-refractivity contribution in [2.45, 2.75) is 39.2 Å². The molecule has 0 saturated carbocycles. The number of H-pyrrole nitrogens is 1. The molecule has 0 spiro atoms. The highest BCUT2D eigenvalue weighted by Gasteiger charge is 2.43. The Morgan fingerprint density at radius 3 is 3.00 bits per heavy atom. The number of ether oxygens (including phenoxy) is 1. The molecule has 0 amide bonds. The average Bonchev–Trinajstić information content (AvgIpc) is 3.01. The summed E-state index contributed by atoms with van der Waals surface area (Å²) >= 11 is 0. The molecule has 3 N–H and O–H groups in total. The summed E-state index contributed by atoms with van der Waals surface area (Å²) in [4.78, 5) is 31.5. The normalized spacial score (nSPS) is 24.7. The van der Waals surface area contributed by atoms with Crippen molar-refractivity contribution in [2.24, 2.45) is 0 Å². The van der Waals surface area contributed by atoms with Gasteiger partial charge in [0.05, 0.1) is 19.0 Å². The van der Waals surface area contributed by atoms with Crippen molar-refractivity contribution in [1.82, 2.24) is 19.5 Å². The fraction of sp³-hybridized carbons (Fsp3) is 0.583. The van der Waals surface area contributed by atoms with Gasteiger partial charge in [-0.3, -0.25) is 9.36 Å². The lowest BCUT2D eigenvalue weighted by Crippen LogP contribution is -2.21. The molecule has 1 unspecified atom stereocenters. The third kappa shape index (κ3) is 3.31. The number of aliphatic hydroxyl groups excluding tert-OH is 1. The van der Waals surface area contributed by atoms with Crippen LogP contribution >= 0.6 is 8.25 Å². The van der Waals surface area contributed by atoms with Crippen molar-refractivity contribution in [2.75, 3.05) is 6.61 Å². The van der Waals surface area contributed by atoms with E-state index in [1.54, 1.807) is 6.92 Å². The lowest BCUT2D eigenvalue weighted by atomic mass is 10.2. The number of nitrogens with zero attached hydrogens (tertiary/aromatic N) is 3. The maximum Gasteiger partial charge on any atom is 0.695 e. The summed E-state index contributed by atoms with van der Waals surface area (Å²) in [5, 5.41) is 9.22. The maximum absolute atomic E-state index is 11.8. The molecule has 0 bridgehead atoms. The predicted octanol–water partition coefficient (Wildman–Crippen LogP) is 0.379. The number of aliphatic hydroxyl groups is 1. The molecule has 1 aliphatic rings. The molecule has 126 valence electrons. The summed E-state index contributed by atoms with van der Waals surface area (Å²) < 4.78 is 23.0. The minimum atomic E-state index is -2.83. The van der Waals surface area contributed by atoms with Crippen molar-refractivity contribution in [1.29, 1.82) is 0 Å². The first-order valence-electron chi connectivity index (χ1n) is 6.52. The molecule has 23 heavy (non-hydrogen) atoms. The summed E-state index contributed by atoms with van der Waals surface area (Å²) in [5.41, 5.74) is 0.0315. The van der Waals surface area contributed by atoms with Gasteiger partial charge in [0, 0.05) is 11.0 Å². The van der Waals surface area contributed by atoms with Crippen LogP contribution in [0.15, 0.2) is 11.1 Å². The molecular weight excluding hydrogens is 327 g/mol. The Morgan fingerprint density at radius 2 is 2.35 bits per heavy atom. The monoisotopic (exact) mass is 345 g/mol. The number of aryl methyl sites for hydroxylation is 1. The number of imidazole rings is 1.